The van der Waals surface area contributed by atoms with Crippen molar-refractivity contribution in [2.75, 3.05) is 0 Å². The van der Waals surface area contributed by atoms with Gasteiger partial charge in [-0.3, -0.25) is 0 Å². The predicted octanol–water partition coefficient (Wildman–Crippen LogP) is 5.85. The van der Waals surface area contributed by atoms with Gasteiger partial charge in [0.05, 0.1) is 5.52 Å². The van der Waals surface area contributed by atoms with Crippen molar-refractivity contribution in [3.8, 4) is 11.4 Å². The monoisotopic (exact) mass is 330 g/mol. The van der Waals surface area contributed by atoms with Gasteiger partial charge in [-0.25, -0.2) is 9.97 Å². The molecule has 0 fully saturated rings. The number of furan rings is 1. The summed E-state index contributed by atoms with van der Waals surface area (Å²) in [6.07, 6.45) is 0. The highest BCUT2D eigenvalue weighted by Gasteiger charge is 2.11. The van der Waals surface area contributed by atoms with Crippen LogP contribution in [0.2, 0.25) is 5.15 Å². The first-order valence-electron chi connectivity index (χ1n) is 7.63. The Morgan fingerprint density at radius 2 is 1.46 bits per heavy atom. The number of halogens is 1. The SMILES string of the molecule is Clc1nc(-c2ccc3c(c2)oc2ccccc23)nc2ccccc12. The number of hydrogen-bond acceptors (Lipinski definition) is 3. The van der Waals surface area contributed by atoms with E-state index in [2.05, 4.69) is 16.0 Å². The summed E-state index contributed by atoms with van der Waals surface area (Å²) in [5.74, 6) is 0.598. The van der Waals surface area contributed by atoms with Gasteiger partial charge in [-0.15, -0.1) is 0 Å². The molecule has 4 heteroatoms. The summed E-state index contributed by atoms with van der Waals surface area (Å²) in [5, 5.41) is 3.51. The van der Waals surface area contributed by atoms with E-state index in [0.717, 1.165) is 38.4 Å². The van der Waals surface area contributed by atoms with Crippen molar-refractivity contribution in [3.05, 3.63) is 71.9 Å². The largest absolute Gasteiger partial charge is 0.456 e. The average Bonchev–Trinajstić information content (AvgIpc) is 2.99. The molecule has 0 N–H and O–H groups in total. The van der Waals surface area contributed by atoms with Gasteiger partial charge in [0, 0.05) is 21.7 Å². The molecule has 0 saturated carbocycles. The second-order valence-corrected chi connectivity index (χ2v) is 6.02. The summed E-state index contributed by atoms with van der Waals surface area (Å²) >= 11 is 6.32. The van der Waals surface area contributed by atoms with Gasteiger partial charge in [0.1, 0.15) is 16.3 Å². The van der Waals surface area contributed by atoms with E-state index in [4.69, 9.17) is 16.0 Å². The molecule has 3 aromatic carbocycles. The van der Waals surface area contributed by atoms with Crippen molar-refractivity contribution < 1.29 is 4.42 Å². The second kappa shape index (κ2) is 5.05. The molecule has 0 amide bonds. The standard InChI is InChI=1S/C20H11ClN2O/c21-19-15-6-1-3-7-16(15)22-20(23-19)12-9-10-14-13-5-2-4-8-17(13)24-18(14)11-12/h1-11H. The van der Waals surface area contributed by atoms with E-state index in [0.29, 0.717) is 11.0 Å². The highest BCUT2D eigenvalue weighted by molar-refractivity contribution is 6.34. The van der Waals surface area contributed by atoms with Crippen LogP contribution in [0.15, 0.2) is 71.1 Å². The summed E-state index contributed by atoms with van der Waals surface area (Å²) in [6.45, 7) is 0. The van der Waals surface area contributed by atoms with E-state index in [1.807, 2.05) is 60.7 Å². The fourth-order valence-corrected chi connectivity index (χ4v) is 3.27. The fourth-order valence-electron chi connectivity index (χ4n) is 3.03. The third-order valence-corrected chi connectivity index (χ3v) is 4.48. The summed E-state index contributed by atoms with van der Waals surface area (Å²) in [5.41, 5.74) is 3.41. The quantitative estimate of drug-likeness (QED) is 0.362. The van der Waals surface area contributed by atoms with Crippen LogP contribution in [0.3, 0.4) is 0 Å². The number of nitrogens with zero attached hydrogens (tertiary/aromatic N) is 2. The van der Waals surface area contributed by atoms with E-state index >= 15 is 0 Å². The molecule has 5 aromatic rings. The molecule has 0 aliphatic carbocycles. The Morgan fingerprint density at radius 3 is 2.38 bits per heavy atom. The number of benzene rings is 3. The lowest BCUT2D eigenvalue weighted by atomic mass is 10.1. The Balaban J connectivity index is 1.75. The van der Waals surface area contributed by atoms with Crippen LogP contribution < -0.4 is 0 Å². The van der Waals surface area contributed by atoms with Crippen molar-refractivity contribution in [1.82, 2.24) is 9.97 Å². The van der Waals surface area contributed by atoms with E-state index in [-0.39, 0.29) is 0 Å². The van der Waals surface area contributed by atoms with Gasteiger partial charge in [-0.2, -0.15) is 0 Å². The normalized spacial score (nSPS) is 11.5. The predicted molar refractivity (Wildman–Crippen MR) is 97.3 cm³/mol. The Labute approximate surface area is 142 Å². The minimum atomic E-state index is 0.459. The molecule has 0 radical (unpaired) electrons. The van der Waals surface area contributed by atoms with Crippen LogP contribution in [0.4, 0.5) is 0 Å². The molecule has 0 saturated heterocycles. The third-order valence-electron chi connectivity index (χ3n) is 4.19. The zero-order valence-corrected chi connectivity index (χ0v) is 13.3. The molecule has 114 valence electrons. The highest BCUT2D eigenvalue weighted by atomic mass is 35.5. The first kappa shape index (κ1) is 13.5. The topological polar surface area (TPSA) is 38.9 Å². The Bertz CT molecular complexity index is 1230. The van der Waals surface area contributed by atoms with Crippen molar-refractivity contribution >= 4 is 44.4 Å². The number of rotatable bonds is 1. The van der Waals surface area contributed by atoms with Gasteiger partial charge in [-0.1, -0.05) is 48.0 Å². The van der Waals surface area contributed by atoms with Crippen LogP contribution in [0.5, 0.6) is 0 Å². The zero-order valence-electron chi connectivity index (χ0n) is 12.5. The minimum Gasteiger partial charge on any atom is -0.456 e. The van der Waals surface area contributed by atoms with E-state index in [1.165, 1.54) is 0 Å². The van der Waals surface area contributed by atoms with Gasteiger partial charge in [0.15, 0.2) is 5.82 Å². The highest BCUT2D eigenvalue weighted by Crippen LogP contribution is 2.32. The lowest BCUT2D eigenvalue weighted by molar-refractivity contribution is 0.669. The number of hydrogen-bond donors (Lipinski definition) is 0. The molecular weight excluding hydrogens is 320 g/mol. The molecule has 24 heavy (non-hydrogen) atoms. The van der Waals surface area contributed by atoms with Gasteiger partial charge < -0.3 is 4.42 Å². The van der Waals surface area contributed by atoms with Crippen LogP contribution >= 0.6 is 11.6 Å². The maximum Gasteiger partial charge on any atom is 0.161 e. The summed E-state index contributed by atoms with van der Waals surface area (Å²) in [4.78, 5) is 9.07. The van der Waals surface area contributed by atoms with Crippen LogP contribution in [-0.2, 0) is 0 Å². The molecule has 3 nitrogen and oxygen atoms in total. The van der Waals surface area contributed by atoms with Crippen LogP contribution in [0.25, 0.3) is 44.2 Å². The minimum absolute atomic E-state index is 0.459. The fraction of sp³-hybridized carbons (Fsp3) is 0. The van der Waals surface area contributed by atoms with Gasteiger partial charge in [-0.05, 0) is 30.3 Å². The summed E-state index contributed by atoms with van der Waals surface area (Å²) < 4.78 is 5.94. The molecule has 0 unspecified atom stereocenters. The molecule has 0 atom stereocenters. The van der Waals surface area contributed by atoms with E-state index in [1.54, 1.807) is 0 Å². The first-order chi connectivity index (χ1) is 11.8. The number of fused-ring (bicyclic) bond motifs is 4. The van der Waals surface area contributed by atoms with Crippen LogP contribution in [0.1, 0.15) is 0 Å². The lowest BCUT2D eigenvalue weighted by Gasteiger charge is -2.04. The van der Waals surface area contributed by atoms with Crippen molar-refractivity contribution in [3.63, 3.8) is 0 Å². The molecule has 0 spiro atoms. The second-order valence-electron chi connectivity index (χ2n) is 5.66. The lowest BCUT2D eigenvalue weighted by Crippen LogP contribution is -1.91. The van der Waals surface area contributed by atoms with Crippen molar-refractivity contribution in [2.24, 2.45) is 0 Å². The van der Waals surface area contributed by atoms with Gasteiger partial charge in [0.2, 0.25) is 0 Å². The summed E-state index contributed by atoms with van der Waals surface area (Å²) in [6, 6.07) is 21.8. The molecule has 2 aromatic heterocycles. The van der Waals surface area contributed by atoms with Gasteiger partial charge in [0.25, 0.3) is 0 Å². The Kier molecular flexibility index (Phi) is 2.84. The first-order valence-corrected chi connectivity index (χ1v) is 8.01. The Hall–Kier alpha value is -2.91. The third kappa shape index (κ3) is 1.99. The molecule has 5 rings (SSSR count). The van der Waals surface area contributed by atoms with Crippen LogP contribution in [-0.4, -0.2) is 9.97 Å². The maximum absolute atomic E-state index is 6.32. The average molecular weight is 331 g/mol. The molecule has 0 aliphatic rings. The molecule has 0 aliphatic heterocycles. The number of para-hydroxylation sites is 2. The van der Waals surface area contributed by atoms with E-state index < -0.39 is 0 Å². The summed E-state index contributed by atoms with van der Waals surface area (Å²) in [7, 11) is 0. The molecule has 2 heterocycles. The zero-order chi connectivity index (χ0) is 16.1. The smallest absolute Gasteiger partial charge is 0.161 e. The maximum atomic E-state index is 6.32. The van der Waals surface area contributed by atoms with E-state index in [9.17, 15) is 0 Å². The van der Waals surface area contributed by atoms with Crippen molar-refractivity contribution in [1.29, 1.82) is 0 Å². The molecular formula is C20H11ClN2O. The molecule has 0 bridgehead atoms. The van der Waals surface area contributed by atoms with Gasteiger partial charge >= 0.3 is 0 Å². The Morgan fingerprint density at radius 1 is 0.708 bits per heavy atom. The number of aromatic nitrogens is 2. The van der Waals surface area contributed by atoms with Crippen LogP contribution in [0, 0.1) is 0 Å². The van der Waals surface area contributed by atoms with Crippen molar-refractivity contribution in [2.45, 2.75) is 0 Å².